The molecule has 0 unspecified atom stereocenters. The number of amides is 1. The van der Waals surface area contributed by atoms with Gasteiger partial charge < -0.3 is 14.7 Å². The molecule has 0 aliphatic carbocycles. The van der Waals surface area contributed by atoms with Gasteiger partial charge in [-0.1, -0.05) is 0 Å². The van der Waals surface area contributed by atoms with Crippen molar-refractivity contribution in [3.8, 4) is 5.75 Å². The lowest BCUT2D eigenvalue weighted by Gasteiger charge is -2.14. The molecule has 1 amide bonds. The van der Waals surface area contributed by atoms with Crippen LogP contribution < -0.4 is 4.74 Å². The molecule has 0 bridgehead atoms. The maximum Gasteiger partial charge on any atom is 0.305 e. The summed E-state index contributed by atoms with van der Waals surface area (Å²) in [5, 5.41) is 10.2. The number of thiophene rings is 1. The minimum atomic E-state index is -0.914. The standard InChI is InChI=1S/C10H13NO4S/c1-11(4-3-9(12)13)10(14)8-5-7(15-2)6-16-8/h5-6H,3-4H2,1-2H3,(H,12,13). The van der Waals surface area contributed by atoms with Crippen molar-refractivity contribution in [3.63, 3.8) is 0 Å². The highest BCUT2D eigenvalue weighted by atomic mass is 32.1. The molecule has 0 saturated heterocycles. The summed E-state index contributed by atoms with van der Waals surface area (Å²) in [4.78, 5) is 24.1. The van der Waals surface area contributed by atoms with Crippen LogP contribution in [0.3, 0.4) is 0 Å². The predicted octanol–water partition coefficient (Wildman–Crippen LogP) is 1.30. The van der Waals surface area contributed by atoms with Crippen LogP contribution in [0.5, 0.6) is 5.75 Å². The van der Waals surface area contributed by atoms with Crippen LogP contribution in [0.2, 0.25) is 0 Å². The summed E-state index contributed by atoms with van der Waals surface area (Å²) in [6.45, 7) is 0.203. The Balaban J connectivity index is 2.59. The minimum absolute atomic E-state index is 0.0508. The average Bonchev–Trinajstić information content (AvgIpc) is 2.73. The smallest absolute Gasteiger partial charge is 0.305 e. The third-order valence-electron chi connectivity index (χ3n) is 2.03. The number of aliphatic carboxylic acids is 1. The largest absolute Gasteiger partial charge is 0.496 e. The van der Waals surface area contributed by atoms with Gasteiger partial charge in [-0.3, -0.25) is 9.59 Å². The number of methoxy groups -OCH3 is 1. The molecular weight excluding hydrogens is 230 g/mol. The number of ether oxygens (including phenoxy) is 1. The zero-order valence-electron chi connectivity index (χ0n) is 9.10. The summed E-state index contributed by atoms with van der Waals surface area (Å²) < 4.78 is 4.97. The highest BCUT2D eigenvalue weighted by molar-refractivity contribution is 7.12. The van der Waals surface area contributed by atoms with Crippen LogP contribution in [0, 0.1) is 0 Å². The molecule has 0 aliphatic rings. The second-order valence-electron chi connectivity index (χ2n) is 3.22. The van der Waals surface area contributed by atoms with Crippen LogP contribution in [-0.2, 0) is 4.79 Å². The topological polar surface area (TPSA) is 66.8 Å². The number of carbonyl (C=O) groups is 2. The Kier molecular flexibility index (Phi) is 4.30. The summed E-state index contributed by atoms with van der Waals surface area (Å²) in [5.41, 5.74) is 0. The third-order valence-corrected chi connectivity index (χ3v) is 2.93. The van der Waals surface area contributed by atoms with Gasteiger partial charge in [0.25, 0.3) is 5.91 Å². The van der Waals surface area contributed by atoms with E-state index in [-0.39, 0.29) is 18.9 Å². The second kappa shape index (κ2) is 5.50. The molecular formula is C10H13NO4S. The summed E-state index contributed by atoms with van der Waals surface area (Å²) in [6, 6.07) is 1.64. The van der Waals surface area contributed by atoms with Gasteiger partial charge in [-0.25, -0.2) is 0 Å². The van der Waals surface area contributed by atoms with Gasteiger partial charge in [0.2, 0.25) is 0 Å². The Morgan fingerprint density at radius 3 is 2.75 bits per heavy atom. The lowest BCUT2D eigenvalue weighted by atomic mass is 10.3. The number of carboxylic acid groups (broad SMARTS) is 1. The summed E-state index contributed by atoms with van der Waals surface area (Å²) in [6.07, 6.45) is -0.0508. The highest BCUT2D eigenvalue weighted by Gasteiger charge is 2.15. The summed E-state index contributed by atoms with van der Waals surface area (Å²) >= 11 is 1.28. The van der Waals surface area contributed by atoms with E-state index in [4.69, 9.17) is 9.84 Å². The van der Waals surface area contributed by atoms with Gasteiger partial charge >= 0.3 is 5.97 Å². The van der Waals surface area contributed by atoms with Gasteiger partial charge in [0, 0.05) is 25.0 Å². The Morgan fingerprint density at radius 2 is 2.25 bits per heavy atom. The van der Waals surface area contributed by atoms with Crippen LogP contribution in [0.15, 0.2) is 11.4 Å². The van der Waals surface area contributed by atoms with E-state index in [2.05, 4.69) is 0 Å². The van der Waals surface area contributed by atoms with Crippen LogP contribution in [0.4, 0.5) is 0 Å². The zero-order chi connectivity index (χ0) is 12.1. The molecule has 0 radical (unpaired) electrons. The first-order chi connectivity index (χ1) is 7.54. The Hall–Kier alpha value is -1.56. The van der Waals surface area contributed by atoms with E-state index in [0.717, 1.165) is 0 Å². The molecule has 0 atom stereocenters. The first-order valence-corrected chi connectivity index (χ1v) is 5.52. The first kappa shape index (κ1) is 12.5. The van der Waals surface area contributed by atoms with E-state index in [1.165, 1.54) is 23.3 Å². The average molecular weight is 243 g/mol. The van der Waals surface area contributed by atoms with Gasteiger partial charge in [-0.15, -0.1) is 11.3 Å². The maximum absolute atomic E-state index is 11.8. The third kappa shape index (κ3) is 3.23. The minimum Gasteiger partial charge on any atom is -0.496 e. The summed E-state index contributed by atoms with van der Waals surface area (Å²) in [7, 11) is 3.11. The number of nitrogens with zero attached hydrogens (tertiary/aromatic N) is 1. The molecule has 0 spiro atoms. The number of carbonyl (C=O) groups excluding carboxylic acids is 1. The normalized spacial score (nSPS) is 9.88. The van der Waals surface area contributed by atoms with Gasteiger partial charge in [-0.05, 0) is 0 Å². The van der Waals surface area contributed by atoms with Crippen molar-refractivity contribution in [3.05, 3.63) is 16.3 Å². The fraction of sp³-hybridized carbons (Fsp3) is 0.400. The van der Waals surface area contributed by atoms with Crippen molar-refractivity contribution in [2.45, 2.75) is 6.42 Å². The molecule has 0 aromatic carbocycles. The Morgan fingerprint density at radius 1 is 1.56 bits per heavy atom. The fourth-order valence-corrected chi connectivity index (χ4v) is 1.94. The van der Waals surface area contributed by atoms with E-state index in [1.807, 2.05) is 0 Å². The highest BCUT2D eigenvalue weighted by Crippen LogP contribution is 2.22. The lowest BCUT2D eigenvalue weighted by molar-refractivity contribution is -0.137. The van der Waals surface area contributed by atoms with Crippen molar-refractivity contribution in [1.29, 1.82) is 0 Å². The SMILES string of the molecule is COc1csc(C(=O)N(C)CCC(=O)O)c1. The Labute approximate surface area is 97.3 Å². The second-order valence-corrected chi connectivity index (χ2v) is 4.13. The van der Waals surface area contributed by atoms with E-state index in [0.29, 0.717) is 10.6 Å². The van der Waals surface area contributed by atoms with Crippen molar-refractivity contribution in [1.82, 2.24) is 4.90 Å². The number of hydrogen-bond acceptors (Lipinski definition) is 4. The van der Waals surface area contributed by atoms with Crippen LogP contribution in [0.1, 0.15) is 16.1 Å². The van der Waals surface area contributed by atoms with Gasteiger partial charge in [-0.2, -0.15) is 0 Å². The monoisotopic (exact) mass is 243 g/mol. The van der Waals surface area contributed by atoms with Crippen LogP contribution in [-0.4, -0.2) is 42.6 Å². The number of rotatable bonds is 5. The van der Waals surface area contributed by atoms with E-state index in [9.17, 15) is 9.59 Å². The van der Waals surface area contributed by atoms with Crippen molar-refractivity contribution in [2.24, 2.45) is 0 Å². The maximum atomic E-state index is 11.8. The number of hydrogen-bond donors (Lipinski definition) is 1. The lowest BCUT2D eigenvalue weighted by Crippen LogP contribution is -2.28. The van der Waals surface area contributed by atoms with Crippen LogP contribution in [0.25, 0.3) is 0 Å². The van der Waals surface area contributed by atoms with Gasteiger partial charge in [0.1, 0.15) is 5.75 Å². The van der Waals surface area contributed by atoms with E-state index in [1.54, 1.807) is 18.5 Å². The molecule has 1 N–H and O–H groups in total. The van der Waals surface area contributed by atoms with E-state index < -0.39 is 5.97 Å². The molecule has 0 saturated carbocycles. The molecule has 1 rings (SSSR count). The molecule has 88 valence electrons. The van der Waals surface area contributed by atoms with Crippen molar-refractivity contribution in [2.75, 3.05) is 20.7 Å². The first-order valence-electron chi connectivity index (χ1n) is 4.64. The van der Waals surface area contributed by atoms with E-state index >= 15 is 0 Å². The van der Waals surface area contributed by atoms with Gasteiger partial charge in [0.05, 0.1) is 18.4 Å². The molecule has 6 heteroatoms. The molecule has 1 aromatic heterocycles. The molecule has 5 nitrogen and oxygen atoms in total. The van der Waals surface area contributed by atoms with Crippen molar-refractivity contribution >= 4 is 23.2 Å². The molecule has 0 fully saturated rings. The zero-order valence-corrected chi connectivity index (χ0v) is 9.91. The predicted molar refractivity (Wildman–Crippen MR) is 60.1 cm³/mol. The molecule has 0 aliphatic heterocycles. The summed E-state index contributed by atoms with van der Waals surface area (Å²) in [5.74, 6) is -0.460. The van der Waals surface area contributed by atoms with Crippen molar-refractivity contribution < 1.29 is 19.4 Å². The molecule has 1 heterocycles. The molecule has 1 aromatic rings. The fourth-order valence-electron chi connectivity index (χ4n) is 1.09. The number of carboxylic acids is 1. The quantitative estimate of drug-likeness (QED) is 0.846. The van der Waals surface area contributed by atoms with Gasteiger partial charge in [0.15, 0.2) is 0 Å². The Bertz CT molecular complexity index is 388. The molecule has 16 heavy (non-hydrogen) atoms. The van der Waals surface area contributed by atoms with Crippen LogP contribution >= 0.6 is 11.3 Å².